The highest BCUT2D eigenvalue weighted by Gasteiger charge is 2.20. The van der Waals surface area contributed by atoms with Crippen molar-refractivity contribution in [3.05, 3.63) is 65.1 Å². The van der Waals surface area contributed by atoms with Gasteiger partial charge in [-0.2, -0.15) is 0 Å². The third-order valence-corrected chi connectivity index (χ3v) is 6.44. The molecule has 1 N–H and O–H groups in total. The molecule has 0 saturated carbocycles. The Kier molecular flexibility index (Phi) is 5.08. The summed E-state index contributed by atoms with van der Waals surface area (Å²) < 4.78 is 35.0. The Balaban J connectivity index is 1.70. The predicted molar refractivity (Wildman–Crippen MR) is 112 cm³/mol. The van der Waals surface area contributed by atoms with Gasteiger partial charge in [0.1, 0.15) is 0 Å². The Morgan fingerprint density at radius 3 is 2.44 bits per heavy atom. The number of ether oxygens (including phenoxy) is 1. The number of nitrogens with one attached hydrogen (secondary N) is 1. The van der Waals surface area contributed by atoms with Crippen LogP contribution in [0.3, 0.4) is 0 Å². The molecule has 0 bridgehead atoms. The molecule has 3 aromatic rings. The summed E-state index contributed by atoms with van der Waals surface area (Å²) in [7, 11) is -3.71. The summed E-state index contributed by atoms with van der Waals surface area (Å²) in [6.45, 7) is 2.72. The van der Waals surface area contributed by atoms with E-state index >= 15 is 0 Å². The van der Waals surface area contributed by atoms with Crippen LogP contribution in [0.1, 0.15) is 0 Å². The summed E-state index contributed by atoms with van der Waals surface area (Å²) in [6, 6.07) is 18.5. The number of hydrogen-bond donors (Lipinski definition) is 1. The predicted octanol–water partition coefficient (Wildman–Crippen LogP) is 4.24. The lowest BCUT2D eigenvalue weighted by molar-refractivity contribution is 0.123. The fourth-order valence-corrected chi connectivity index (χ4v) is 4.67. The standard InChI is InChI=1S/C20H19BrN2O3S/c21-17-6-8-20(23-9-11-26-12-10-23)19(14-17)22-27(24,25)18-7-5-15-3-1-2-4-16(15)13-18/h1-8,13-14,22H,9-12H2. The summed E-state index contributed by atoms with van der Waals surface area (Å²) in [4.78, 5) is 2.38. The molecule has 140 valence electrons. The van der Waals surface area contributed by atoms with Gasteiger partial charge in [0, 0.05) is 17.6 Å². The van der Waals surface area contributed by atoms with Gasteiger partial charge in [-0.1, -0.05) is 46.3 Å². The number of benzene rings is 3. The molecule has 0 aliphatic carbocycles. The normalized spacial score (nSPS) is 15.1. The van der Waals surface area contributed by atoms with Crippen molar-refractivity contribution in [1.29, 1.82) is 0 Å². The maximum atomic E-state index is 13.0. The summed E-state index contributed by atoms with van der Waals surface area (Å²) >= 11 is 3.44. The lowest BCUT2D eigenvalue weighted by Gasteiger charge is -2.30. The van der Waals surface area contributed by atoms with Crippen LogP contribution in [0, 0.1) is 0 Å². The fraction of sp³-hybridized carbons (Fsp3) is 0.200. The van der Waals surface area contributed by atoms with E-state index in [0.29, 0.717) is 18.9 Å². The topological polar surface area (TPSA) is 58.6 Å². The van der Waals surface area contributed by atoms with E-state index in [4.69, 9.17) is 4.74 Å². The van der Waals surface area contributed by atoms with Gasteiger partial charge in [0.25, 0.3) is 10.0 Å². The number of morpholine rings is 1. The SMILES string of the molecule is O=S(=O)(Nc1cc(Br)ccc1N1CCOCC1)c1ccc2ccccc2c1. The molecule has 1 heterocycles. The smallest absolute Gasteiger partial charge is 0.261 e. The molecule has 27 heavy (non-hydrogen) atoms. The molecule has 1 fully saturated rings. The van der Waals surface area contributed by atoms with Crippen LogP contribution in [0.15, 0.2) is 70.0 Å². The largest absolute Gasteiger partial charge is 0.378 e. The number of sulfonamides is 1. The van der Waals surface area contributed by atoms with Gasteiger partial charge in [-0.3, -0.25) is 4.72 Å². The molecule has 4 rings (SSSR count). The lowest BCUT2D eigenvalue weighted by atomic mass is 10.1. The Labute approximate surface area is 167 Å². The fourth-order valence-electron chi connectivity index (χ4n) is 3.21. The number of hydrogen-bond acceptors (Lipinski definition) is 4. The Morgan fingerprint density at radius 1 is 0.926 bits per heavy atom. The molecule has 1 aliphatic rings. The molecule has 7 heteroatoms. The van der Waals surface area contributed by atoms with Crippen molar-refractivity contribution in [3.8, 4) is 0 Å². The minimum atomic E-state index is -3.71. The van der Waals surface area contributed by atoms with Crippen LogP contribution in [0.5, 0.6) is 0 Å². The third kappa shape index (κ3) is 3.95. The first kappa shape index (κ1) is 18.3. The number of nitrogens with zero attached hydrogens (tertiary/aromatic N) is 1. The van der Waals surface area contributed by atoms with Crippen molar-refractivity contribution in [1.82, 2.24) is 0 Å². The minimum absolute atomic E-state index is 0.245. The second-order valence-corrected chi connectivity index (χ2v) is 8.97. The second kappa shape index (κ2) is 7.50. The van der Waals surface area contributed by atoms with Crippen molar-refractivity contribution >= 4 is 48.1 Å². The van der Waals surface area contributed by atoms with E-state index in [-0.39, 0.29) is 4.90 Å². The molecule has 0 amide bonds. The zero-order valence-electron chi connectivity index (χ0n) is 14.6. The maximum absolute atomic E-state index is 13.0. The summed E-state index contributed by atoms with van der Waals surface area (Å²) in [5.41, 5.74) is 1.41. The molecule has 0 radical (unpaired) electrons. The monoisotopic (exact) mass is 446 g/mol. The Hall–Kier alpha value is -2.09. The highest BCUT2D eigenvalue weighted by atomic mass is 79.9. The van der Waals surface area contributed by atoms with E-state index in [0.717, 1.165) is 34.0 Å². The molecule has 0 unspecified atom stereocenters. The number of halogens is 1. The Bertz CT molecular complexity index is 1080. The zero-order chi connectivity index (χ0) is 18.9. The molecular weight excluding hydrogens is 428 g/mol. The maximum Gasteiger partial charge on any atom is 0.261 e. The van der Waals surface area contributed by atoms with Gasteiger partial charge in [-0.05, 0) is 41.1 Å². The summed E-state index contributed by atoms with van der Waals surface area (Å²) in [6.07, 6.45) is 0. The van der Waals surface area contributed by atoms with Crippen LogP contribution >= 0.6 is 15.9 Å². The first-order valence-electron chi connectivity index (χ1n) is 8.67. The van der Waals surface area contributed by atoms with Crippen LogP contribution in [0.25, 0.3) is 10.8 Å². The number of anilines is 2. The van der Waals surface area contributed by atoms with E-state index in [2.05, 4.69) is 25.6 Å². The second-order valence-electron chi connectivity index (χ2n) is 6.38. The molecule has 1 aliphatic heterocycles. The number of fused-ring (bicyclic) bond motifs is 1. The Morgan fingerprint density at radius 2 is 1.67 bits per heavy atom. The van der Waals surface area contributed by atoms with Gasteiger partial charge in [-0.25, -0.2) is 8.42 Å². The van der Waals surface area contributed by atoms with E-state index in [1.807, 2.05) is 42.5 Å². The lowest BCUT2D eigenvalue weighted by Crippen LogP contribution is -2.36. The van der Waals surface area contributed by atoms with Crippen molar-refractivity contribution in [2.24, 2.45) is 0 Å². The highest BCUT2D eigenvalue weighted by Crippen LogP contribution is 2.32. The van der Waals surface area contributed by atoms with Gasteiger partial charge in [-0.15, -0.1) is 0 Å². The van der Waals surface area contributed by atoms with Gasteiger partial charge in [0.2, 0.25) is 0 Å². The van der Waals surface area contributed by atoms with Crippen molar-refractivity contribution in [3.63, 3.8) is 0 Å². The van der Waals surface area contributed by atoms with Crippen LogP contribution in [-0.2, 0) is 14.8 Å². The molecule has 0 atom stereocenters. The van der Waals surface area contributed by atoms with Crippen LogP contribution in [0.4, 0.5) is 11.4 Å². The van der Waals surface area contributed by atoms with E-state index < -0.39 is 10.0 Å². The number of rotatable bonds is 4. The van der Waals surface area contributed by atoms with Crippen LogP contribution in [-0.4, -0.2) is 34.7 Å². The van der Waals surface area contributed by atoms with E-state index in [9.17, 15) is 8.42 Å². The molecule has 5 nitrogen and oxygen atoms in total. The molecule has 3 aromatic carbocycles. The van der Waals surface area contributed by atoms with Crippen molar-refractivity contribution in [2.75, 3.05) is 35.9 Å². The molecular formula is C20H19BrN2O3S. The van der Waals surface area contributed by atoms with Gasteiger partial charge < -0.3 is 9.64 Å². The van der Waals surface area contributed by atoms with Gasteiger partial charge >= 0.3 is 0 Å². The zero-order valence-corrected chi connectivity index (χ0v) is 17.0. The molecule has 0 spiro atoms. The van der Waals surface area contributed by atoms with Crippen LogP contribution < -0.4 is 9.62 Å². The third-order valence-electron chi connectivity index (χ3n) is 4.59. The van der Waals surface area contributed by atoms with E-state index in [1.54, 1.807) is 18.2 Å². The molecule has 1 saturated heterocycles. The van der Waals surface area contributed by atoms with Gasteiger partial charge in [0.15, 0.2) is 0 Å². The first-order chi connectivity index (χ1) is 13.0. The average molecular weight is 447 g/mol. The van der Waals surface area contributed by atoms with Crippen molar-refractivity contribution < 1.29 is 13.2 Å². The minimum Gasteiger partial charge on any atom is -0.378 e. The van der Waals surface area contributed by atoms with Gasteiger partial charge in [0.05, 0.1) is 29.5 Å². The molecule has 0 aromatic heterocycles. The average Bonchev–Trinajstić information content (AvgIpc) is 2.68. The van der Waals surface area contributed by atoms with Crippen LogP contribution in [0.2, 0.25) is 0 Å². The highest BCUT2D eigenvalue weighted by molar-refractivity contribution is 9.10. The quantitative estimate of drug-likeness (QED) is 0.650. The summed E-state index contributed by atoms with van der Waals surface area (Å²) in [5.74, 6) is 0. The van der Waals surface area contributed by atoms with E-state index in [1.165, 1.54) is 0 Å². The summed E-state index contributed by atoms with van der Waals surface area (Å²) in [5, 5.41) is 1.90. The van der Waals surface area contributed by atoms with Crippen molar-refractivity contribution in [2.45, 2.75) is 4.90 Å². The first-order valence-corrected chi connectivity index (χ1v) is 10.9.